The standard InChI is InChI=1S/C13H16ClNO2/c1-17-13(16)9-6-7-11(14)12(8-9)15-10-4-2-3-5-10/h6-8,10,15H,2-5H2,1H3. The SMILES string of the molecule is COC(=O)c1ccc(Cl)c(NC2CCCC2)c1. The molecule has 1 aliphatic carbocycles. The summed E-state index contributed by atoms with van der Waals surface area (Å²) < 4.78 is 4.69. The maximum absolute atomic E-state index is 11.4. The third kappa shape index (κ3) is 2.91. The Morgan fingerprint density at radius 3 is 2.76 bits per heavy atom. The molecule has 0 amide bonds. The van der Waals surface area contributed by atoms with Gasteiger partial charge >= 0.3 is 5.97 Å². The van der Waals surface area contributed by atoms with Crippen LogP contribution in [0.15, 0.2) is 18.2 Å². The lowest BCUT2D eigenvalue weighted by Gasteiger charge is -2.15. The third-order valence-corrected chi connectivity index (χ3v) is 3.43. The number of rotatable bonds is 3. The number of anilines is 1. The van der Waals surface area contributed by atoms with E-state index in [1.807, 2.05) is 0 Å². The second kappa shape index (κ2) is 5.41. The van der Waals surface area contributed by atoms with E-state index in [0.29, 0.717) is 16.6 Å². The van der Waals surface area contributed by atoms with E-state index in [1.165, 1.54) is 32.8 Å². The quantitative estimate of drug-likeness (QED) is 0.838. The summed E-state index contributed by atoms with van der Waals surface area (Å²) in [5.41, 5.74) is 1.35. The van der Waals surface area contributed by atoms with Crippen LogP contribution in [0.2, 0.25) is 5.02 Å². The van der Waals surface area contributed by atoms with Gasteiger partial charge in [-0.25, -0.2) is 4.79 Å². The molecule has 1 aliphatic rings. The number of benzene rings is 1. The summed E-state index contributed by atoms with van der Waals surface area (Å²) in [6.45, 7) is 0. The lowest BCUT2D eigenvalue weighted by molar-refractivity contribution is 0.0601. The molecule has 4 heteroatoms. The molecule has 1 aromatic rings. The predicted octanol–water partition coefficient (Wildman–Crippen LogP) is 3.48. The van der Waals surface area contributed by atoms with Crippen LogP contribution in [0.3, 0.4) is 0 Å². The summed E-state index contributed by atoms with van der Waals surface area (Å²) in [7, 11) is 1.38. The number of hydrogen-bond donors (Lipinski definition) is 1. The zero-order valence-electron chi connectivity index (χ0n) is 9.83. The van der Waals surface area contributed by atoms with Crippen molar-refractivity contribution >= 4 is 23.3 Å². The number of esters is 1. The summed E-state index contributed by atoms with van der Waals surface area (Å²) in [5.74, 6) is -0.337. The zero-order chi connectivity index (χ0) is 12.3. The van der Waals surface area contributed by atoms with E-state index in [2.05, 4.69) is 5.32 Å². The smallest absolute Gasteiger partial charge is 0.337 e. The maximum Gasteiger partial charge on any atom is 0.337 e. The van der Waals surface area contributed by atoms with Crippen molar-refractivity contribution in [3.63, 3.8) is 0 Å². The molecule has 92 valence electrons. The van der Waals surface area contributed by atoms with Crippen LogP contribution in [0.25, 0.3) is 0 Å². The lowest BCUT2D eigenvalue weighted by Crippen LogP contribution is -2.15. The molecule has 0 aliphatic heterocycles. The highest BCUT2D eigenvalue weighted by molar-refractivity contribution is 6.33. The fourth-order valence-corrected chi connectivity index (χ4v) is 2.34. The van der Waals surface area contributed by atoms with Gasteiger partial charge in [0.2, 0.25) is 0 Å². The first-order valence-electron chi connectivity index (χ1n) is 5.85. The van der Waals surface area contributed by atoms with Gasteiger partial charge in [0.15, 0.2) is 0 Å². The average Bonchev–Trinajstić information content (AvgIpc) is 2.84. The van der Waals surface area contributed by atoms with Crippen LogP contribution < -0.4 is 5.32 Å². The van der Waals surface area contributed by atoms with Crippen molar-refractivity contribution in [3.05, 3.63) is 28.8 Å². The zero-order valence-corrected chi connectivity index (χ0v) is 10.6. The normalized spacial score (nSPS) is 15.9. The molecule has 0 bridgehead atoms. The largest absolute Gasteiger partial charge is 0.465 e. The van der Waals surface area contributed by atoms with Crippen molar-refractivity contribution in [1.82, 2.24) is 0 Å². The molecule has 0 atom stereocenters. The first kappa shape index (κ1) is 12.2. The topological polar surface area (TPSA) is 38.3 Å². The van der Waals surface area contributed by atoms with Gasteiger partial charge in [0.25, 0.3) is 0 Å². The summed E-state index contributed by atoms with van der Waals surface area (Å²) in [5, 5.41) is 4.03. The Kier molecular flexibility index (Phi) is 3.89. The molecule has 2 rings (SSSR count). The average molecular weight is 254 g/mol. The minimum absolute atomic E-state index is 0.337. The van der Waals surface area contributed by atoms with Crippen molar-refractivity contribution in [2.45, 2.75) is 31.7 Å². The number of halogens is 1. The van der Waals surface area contributed by atoms with Crippen LogP contribution in [0, 0.1) is 0 Å². The molecule has 1 N–H and O–H groups in total. The van der Waals surface area contributed by atoms with E-state index in [-0.39, 0.29) is 5.97 Å². The van der Waals surface area contributed by atoms with E-state index >= 15 is 0 Å². The van der Waals surface area contributed by atoms with E-state index in [0.717, 1.165) is 5.69 Å². The van der Waals surface area contributed by atoms with Gasteiger partial charge in [-0.3, -0.25) is 0 Å². The molecule has 0 spiro atoms. The summed E-state index contributed by atoms with van der Waals surface area (Å²) >= 11 is 6.11. The van der Waals surface area contributed by atoms with Crippen molar-refractivity contribution in [1.29, 1.82) is 0 Å². The molecular formula is C13H16ClNO2. The van der Waals surface area contributed by atoms with Crippen molar-refractivity contribution in [2.75, 3.05) is 12.4 Å². The molecule has 0 saturated heterocycles. The van der Waals surface area contributed by atoms with Crippen molar-refractivity contribution in [3.8, 4) is 0 Å². The molecule has 0 radical (unpaired) electrons. The van der Waals surface area contributed by atoms with Crippen LogP contribution in [0.4, 0.5) is 5.69 Å². The minimum Gasteiger partial charge on any atom is -0.465 e. The van der Waals surface area contributed by atoms with Gasteiger partial charge in [0.05, 0.1) is 23.4 Å². The van der Waals surface area contributed by atoms with E-state index in [1.54, 1.807) is 18.2 Å². The highest BCUT2D eigenvalue weighted by atomic mass is 35.5. The fraction of sp³-hybridized carbons (Fsp3) is 0.462. The van der Waals surface area contributed by atoms with Gasteiger partial charge in [0, 0.05) is 6.04 Å². The highest BCUT2D eigenvalue weighted by Gasteiger charge is 2.16. The molecule has 0 aromatic heterocycles. The Labute approximate surface area is 106 Å². The Hall–Kier alpha value is -1.22. The second-order valence-corrected chi connectivity index (χ2v) is 4.72. The predicted molar refractivity (Wildman–Crippen MR) is 68.7 cm³/mol. The van der Waals surface area contributed by atoms with Gasteiger partial charge in [0.1, 0.15) is 0 Å². The molecule has 0 heterocycles. The second-order valence-electron chi connectivity index (χ2n) is 4.31. The van der Waals surface area contributed by atoms with Crippen LogP contribution in [-0.2, 0) is 4.74 Å². The molecule has 3 nitrogen and oxygen atoms in total. The van der Waals surface area contributed by atoms with Gasteiger partial charge in [-0.1, -0.05) is 24.4 Å². The Bertz CT molecular complexity index is 414. The first-order chi connectivity index (χ1) is 8.20. The van der Waals surface area contributed by atoms with Gasteiger partial charge < -0.3 is 10.1 Å². The molecule has 1 saturated carbocycles. The van der Waals surface area contributed by atoms with Crippen LogP contribution in [0.5, 0.6) is 0 Å². The molecular weight excluding hydrogens is 238 g/mol. The van der Waals surface area contributed by atoms with Crippen LogP contribution in [-0.4, -0.2) is 19.1 Å². The van der Waals surface area contributed by atoms with Crippen LogP contribution in [0.1, 0.15) is 36.0 Å². The van der Waals surface area contributed by atoms with Crippen LogP contribution >= 0.6 is 11.6 Å². The Morgan fingerprint density at radius 1 is 1.41 bits per heavy atom. The number of carbonyl (C=O) groups excluding carboxylic acids is 1. The molecule has 0 unspecified atom stereocenters. The maximum atomic E-state index is 11.4. The number of nitrogens with one attached hydrogen (secondary N) is 1. The van der Waals surface area contributed by atoms with Gasteiger partial charge in [-0.2, -0.15) is 0 Å². The summed E-state index contributed by atoms with van der Waals surface area (Å²) in [6, 6.07) is 5.63. The van der Waals surface area contributed by atoms with Crippen molar-refractivity contribution in [2.24, 2.45) is 0 Å². The van der Waals surface area contributed by atoms with E-state index in [9.17, 15) is 4.79 Å². The monoisotopic (exact) mass is 253 g/mol. The number of carbonyl (C=O) groups is 1. The lowest BCUT2D eigenvalue weighted by atomic mass is 10.1. The number of ether oxygens (including phenoxy) is 1. The molecule has 17 heavy (non-hydrogen) atoms. The molecule has 1 aromatic carbocycles. The van der Waals surface area contributed by atoms with E-state index < -0.39 is 0 Å². The molecule has 1 fully saturated rings. The highest BCUT2D eigenvalue weighted by Crippen LogP contribution is 2.28. The summed E-state index contributed by atoms with van der Waals surface area (Å²) in [6.07, 6.45) is 4.84. The Morgan fingerprint density at radius 2 is 2.12 bits per heavy atom. The van der Waals surface area contributed by atoms with E-state index in [4.69, 9.17) is 16.3 Å². The Balaban J connectivity index is 2.16. The van der Waals surface area contributed by atoms with Gasteiger partial charge in [-0.05, 0) is 31.0 Å². The fourth-order valence-electron chi connectivity index (χ4n) is 2.17. The number of hydrogen-bond acceptors (Lipinski definition) is 3. The third-order valence-electron chi connectivity index (χ3n) is 3.10. The minimum atomic E-state index is -0.337. The van der Waals surface area contributed by atoms with Crippen molar-refractivity contribution < 1.29 is 9.53 Å². The summed E-state index contributed by atoms with van der Waals surface area (Å²) in [4.78, 5) is 11.4. The van der Waals surface area contributed by atoms with Gasteiger partial charge in [-0.15, -0.1) is 0 Å². The number of methoxy groups -OCH3 is 1. The first-order valence-corrected chi connectivity index (χ1v) is 6.23.